The van der Waals surface area contributed by atoms with E-state index >= 15 is 0 Å². The van der Waals surface area contributed by atoms with Crippen LogP contribution in [0.1, 0.15) is 21.5 Å². The Labute approximate surface area is 208 Å². The van der Waals surface area contributed by atoms with E-state index in [2.05, 4.69) is 10.2 Å². The summed E-state index contributed by atoms with van der Waals surface area (Å²) in [5.74, 6) is -0.369. The number of morpholine rings is 1. The molecule has 1 aliphatic heterocycles. The van der Waals surface area contributed by atoms with Gasteiger partial charge < -0.3 is 14.6 Å². The highest BCUT2D eigenvalue weighted by Crippen LogP contribution is 2.13. The van der Waals surface area contributed by atoms with Gasteiger partial charge in [-0.15, -0.1) is 0 Å². The van der Waals surface area contributed by atoms with Crippen LogP contribution in [-0.2, 0) is 17.7 Å². The van der Waals surface area contributed by atoms with Gasteiger partial charge in [0.15, 0.2) is 0 Å². The van der Waals surface area contributed by atoms with Crippen LogP contribution in [0.15, 0.2) is 59.5 Å². The molecule has 4 heterocycles. The lowest BCUT2D eigenvalue weighted by Gasteiger charge is -2.27. The van der Waals surface area contributed by atoms with Crippen LogP contribution in [0.3, 0.4) is 0 Å². The maximum Gasteiger partial charge on any atom is 0.267 e. The highest BCUT2D eigenvalue weighted by Gasteiger charge is 2.19. The summed E-state index contributed by atoms with van der Waals surface area (Å²) < 4.78 is 8.65. The molecule has 4 aromatic rings. The van der Waals surface area contributed by atoms with Crippen LogP contribution in [0, 0.1) is 12.3 Å². The Morgan fingerprint density at radius 2 is 1.86 bits per heavy atom. The Kier molecular flexibility index (Phi) is 6.92. The maximum absolute atomic E-state index is 13.5. The first-order chi connectivity index (χ1) is 17.5. The molecule has 2 N–H and O–H groups in total. The van der Waals surface area contributed by atoms with E-state index in [0.717, 1.165) is 24.2 Å². The summed E-state index contributed by atoms with van der Waals surface area (Å²) >= 11 is 0. The number of pyridine rings is 2. The molecule has 1 fully saturated rings. The second-order valence-electron chi connectivity index (χ2n) is 9.04. The first-order valence-corrected chi connectivity index (χ1v) is 12.3. The molecule has 0 radical (unpaired) electrons. The topological polar surface area (TPSA) is 105 Å². The minimum Gasteiger partial charge on any atom is -0.379 e. The Morgan fingerprint density at radius 1 is 1.08 bits per heavy atom. The zero-order valence-corrected chi connectivity index (χ0v) is 20.4. The predicted molar refractivity (Wildman–Crippen MR) is 137 cm³/mol. The van der Waals surface area contributed by atoms with Crippen molar-refractivity contribution < 1.29 is 9.53 Å². The van der Waals surface area contributed by atoms with Crippen LogP contribution in [-0.4, -0.2) is 64.2 Å². The Bertz CT molecular complexity index is 1520. The van der Waals surface area contributed by atoms with E-state index < -0.39 is 0 Å². The van der Waals surface area contributed by atoms with Gasteiger partial charge in [0.05, 0.1) is 24.2 Å². The average molecular weight is 487 g/mol. The second kappa shape index (κ2) is 10.4. The van der Waals surface area contributed by atoms with Gasteiger partial charge in [0.1, 0.15) is 16.8 Å². The van der Waals surface area contributed by atoms with Crippen molar-refractivity contribution in [3.05, 3.63) is 87.3 Å². The van der Waals surface area contributed by atoms with Crippen molar-refractivity contribution in [3.8, 4) is 0 Å². The summed E-state index contributed by atoms with van der Waals surface area (Å²) in [4.78, 5) is 33.7. The number of aromatic nitrogens is 3. The SMILES string of the molecule is Cc1cccn2c(=O)c3cc(C(=O)NCCc4ccccc4)c(=N)n(CCN4CCOCC4)c3nc12. The van der Waals surface area contributed by atoms with Crippen molar-refractivity contribution in [2.45, 2.75) is 19.9 Å². The van der Waals surface area contributed by atoms with Crippen molar-refractivity contribution in [1.29, 1.82) is 5.41 Å². The van der Waals surface area contributed by atoms with E-state index in [1.54, 1.807) is 16.8 Å². The van der Waals surface area contributed by atoms with Gasteiger partial charge in [0.25, 0.3) is 11.5 Å². The highest BCUT2D eigenvalue weighted by atomic mass is 16.5. The van der Waals surface area contributed by atoms with E-state index in [1.165, 1.54) is 10.5 Å². The molecule has 9 nitrogen and oxygen atoms in total. The Morgan fingerprint density at radius 3 is 2.64 bits per heavy atom. The first-order valence-electron chi connectivity index (χ1n) is 12.3. The molecule has 0 bridgehead atoms. The quantitative estimate of drug-likeness (QED) is 0.387. The molecule has 0 aliphatic carbocycles. The molecule has 1 saturated heterocycles. The lowest BCUT2D eigenvalue weighted by molar-refractivity contribution is 0.0363. The minimum absolute atomic E-state index is 0.0535. The summed E-state index contributed by atoms with van der Waals surface area (Å²) in [7, 11) is 0. The van der Waals surface area contributed by atoms with Crippen molar-refractivity contribution in [1.82, 2.24) is 24.2 Å². The van der Waals surface area contributed by atoms with E-state index in [4.69, 9.17) is 15.1 Å². The lowest BCUT2D eigenvalue weighted by atomic mass is 10.1. The normalized spacial score (nSPS) is 14.4. The fourth-order valence-corrected chi connectivity index (χ4v) is 4.61. The number of rotatable bonds is 7. The second-order valence-corrected chi connectivity index (χ2v) is 9.04. The number of fused-ring (bicyclic) bond motifs is 2. The van der Waals surface area contributed by atoms with Crippen molar-refractivity contribution in [2.24, 2.45) is 0 Å². The predicted octanol–water partition coefficient (Wildman–Crippen LogP) is 1.74. The summed E-state index contributed by atoms with van der Waals surface area (Å²) in [5.41, 5.74) is 2.93. The number of nitrogens with zero attached hydrogens (tertiary/aromatic N) is 4. The lowest BCUT2D eigenvalue weighted by Crippen LogP contribution is -2.41. The van der Waals surface area contributed by atoms with Gasteiger partial charge in [0, 0.05) is 38.9 Å². The van der Waals surface area contributed by atoms with Gasteiger partial charge in [-0.3, -0.25) is 24.3 Å². The largest absolute Gasteiger partial charge is 0.379 e. The molecule has 0 unspecified atom stereocenters. The number of nitrogens with one attached hydrogen (secondary N) is 2. The van der Waals surface area contributed by atoms with Gasteiger partial charge in [-0.25, -0.2) is 4.98 Å². The molecule has 1 aromatic carbocycles. The number of carbonyl (C=O) groups excluding carboxylic acids is 1. The Hall–Kier alpha value is -3.82. The summed E-state index contributed by atoms with van der Waals surface area (Å²) in [5, 5.41) is 12.2. The number of benzene rings is 1. The summed E-state index contributed by atoms with van der Waals surface area (Å²) in [6.45, 7) is 6.41. The maximum atomic E-state index is 13.5. The number of carbonyl (C=O) groups is 1. The van der Waals surface area contributed by atoms with E-state index in [9.17, 15) is 9.59 Å². The van der Waals surface area contributed by atoms with Crippen LogP contribution in [0.2, 0.25) is 0 Å². The van der Waals surface area contributed by atoms with Gasteiger partial charge >= 0.3 is 0 Å². The monoisotopic (exact) mass is 486 g/mol. The number of hydrogen-bond donors (Lipinski definition) is 2. The van der Waals surface area contributed by atoms with Gasteiger partial charge in [-0.2, -0.15) is 0 Å². The summed E-state index contributed by atoms with van der Waals surface area (Å²) in [6.07, 6.45) is 2.36. The molecule has 0 spiro atoms. The van der Waals surface area contributed by atoms with Crippen molar-refractivity contribution in [3.63, 3.8) is 0 Å². The molecule has 0 saturated carbocycles. The van der Waals surface area contributed by atoms with E-state index in [0.29, 0.717) is 55.9 Å². The molecule has 5 rings (SSSR count). The third-order valence-electron chi connectivity index (χ3n) is 6.66. The summed E-state index contributed by atoms with van der Waals surface area (Å²) in [6, 6.07) is 15.1. The number of aryl methyl sites for hydroxylation is 1. The molecular weight excluding hydrogens is 456 g/mol. The van der Waals surface area contributed by atoms with Crippen LogP contribution in [0.25, 0.3) is 16.7 Å². The number of ether oxygens (including phenoxy) is 1. The molecule has 9 heteroatoms. The van der Waals surface area contributed by atoms with Gasteiger partial charge in [-0.05, 0) is 36.6 Å². The van der Waals surface area contributed by atoms with Crippen LogP contribution >= 0.6 is 0 Å². The number of amides is 1. The van der Waals surface area contributed by atoms with Crippen LogP contribution in [0.4, 0.5) is 0 Å². The van der Waals surface area contributed by atoms with Gasteiger partial charge in [0.2, 0.25) is 0 Å². The fourth-order valence-electron chi connectivity index (χ4n) is 4.61. The molecule has 36 heavy (non-hydrogen) atoms. The smallest absolute Gasteiger partial charge is 0.267 e. The van der Waals surface area contributed by atoms with Crippen LogP contribution < -0.4 is 16.4 Å². The molecular formula is C27H30N6O3. The van der Waals surface area contributed by atoms with Crippen molar-refractivity contribution >= 4 is 22.6 Å². The van der Waals surface area contributed by atoms with E-state index in [1.807, 2.05) is 43.3 Å². The zero-order chi connectivity index (χ0) is 25.1. The first kappa shape index (κ1) is 23.9. The standard InChI is InChI=1S/C27H30N6O3/c1-19-6-5-11-33-24(19)30-25-22(27(33)35)18-21(26(34)29-10-9-20-7-3-2-4-8-20)23(28)32(25)13-12-31-14-16-36-17-15-31/h2-8,11,18,28H,9-10,12-17H2,1H3,(H,29,34). The third kappa shape index (κ3) is 4.80. The third-order valence-corrected chi connectivity index (χ3v) is 6.66. The Balaban J connectivity index is 1.54. The molecule has 186 valence electrons. The molecule has 1 amide bonds. The number of hydrogen-bond acceptors (Lipinski definition) is 6. The fraction of sp³-hybridized carbons (Fsp3) is 0.333. The highest BCUT2D eigenvalue weighted by molar-refractivity contribution is 5.96. The zero-order valence-electron chi connectivity index (χ0n) is 20.4. The van der Waals surface area contributed by atoms with E-state index in [-0.39, 0.29) is 22.5 Å². The average Bonchev–Trinajstić information content (AvgIpc) is 2.90. The van der Waals surface area contributed by atoms with Crippen molar-refractivity contribution in [2.75, 3.05) is 39.4 Å². The van der Waals surface area contributed by atoms with Crippen LogP contribution in [0.5, 0.6) is 0 Å². The van der Waals surface area contributed by atoms with Gasteiger partial charge in [-0.1, -0.05) is 36.4 Å². The molecule has 1 aliphatic rings. The minimum atomic E-state index is -0.369. The molecule has 0 atom stereocenters. The molecule has 3 aromatic heterocycles.